The highest BCUT2D eigenvalue weighted by molar-refractivity contribution is 5.83. The zero-order valence-corrected chi connectivity index (χ0v) is 13.8. The van der Waals surface area contributed by atoms with Crippen molar-refractivity contribution in [3.8, 4) is 0 Å². The molecule has 2 aromatic rings. The third-order valence-corrected chi connectivity index (χ3v) is 4.60. The van der Waals surface area contributed by atoms with E-state index in [-0.39, 0.29) is 0 Å². The van der Waals surface area contributed by atoms with Crippen LogP contribution in [0.4, 0.5) is 0 Å². The largest absolute Gasteiger partial charge is 0.306 e. The van der Waals surface area contributed by atoms with Gasteiger partial charge in [0, 0.05) is 24.9 Å². The topological polar surface area (TPSA) is 16.1 Å². The van der Waals surface area contributed by atoms with Gasteiger partial charge in [0.2, 0.25) is 0 Å². The van der Waals surface area contributed by atoms with Gasteiger partial charge in [-0.25, -0.2) is 0 Å². The second-order valence-electron chi connectivity index (χ2n) is 6.27. The summed E-state index contributed by atoms with van der Waals surface area (Å²) >= 11 is 0. The quantitative estimate of drug-likeness (QED) is 0.823. The van der Waals surface area contributed by atoms with Crippen molar-refractivity contribution in [1.29, 1.82) is 0 Å². The molecule has 0 aliphatic carbocycles. The Hall–Kier alpha value is -1.93. The number of pyridine rings is 1. The Balaban J connectivity index is 2.18. The minimum Gasteiger partial charge on any atom is -0.306 e. The van der Waals surface area contributed by atoms with Gasteiger partial charge in [-0.15, -0.1) is 0 Å². The highest BCUT2D eigenvalue weighted by Crippen LogP contribution is 2.33. The lowest BCUT2D eigenvalue weighted by molar-refractivity contribution is 0.313. The van der Waals surface area contributed by atoms with Crippen LogP contribution in [0.2, 0.25) is 0 Å². The number of likely N-dealkylation sites (tertiary alicyclic amines) is 1. The molecule has 0 radical (unpaired) electrons. The van der Waals surface area contributed by atoms with Crippen LogP contribution in [0.5, 0.6) is 0 Å². The molecule has 3 rings (SSSR count). The third-order valence-electron chi connectivity index (χ3n) is 4.60. The van der Waals surface area contributed by atoms with Crippen LogP contribution in [0.25, 0.3) is 5.57 Å². The molecule has 1 fully saturated rings. The molecule has 1 aliphatic heterocycles. The Morgan fingerprint density at radius 3 is 2.32 bits per heavy atom. The van der Waals surface area contributed by atoms with Gasteiger partial charge in [-0.3, -0.25) is 4.98 Å². The average molecular weight is 292 g/mol. The monoisotopic (exact) mass is 292 g/mol. The number of aromatic nitrogens is 1. The molecule has 0 atom stereocenters. The predicted molar refractivity (Wildman–Crippen MR) is 92.9 cm³/mol. The van der Waals surface area contributed by atoms with Crippen LogP contribution < -0.4 is 0 Å². The molecule has 1 saturated heterocycles. The fraction of sp³-hybridized carbons (Fsp3) is 0.350. The summed E-state index contributed by atoms with van der Waals surface area (Å²) in [6, 6.07) is 12.9. The summed E-state index contributed by atoms with van der Waals surface area (Å²) in [4.78, 5) is 7.13. The number of nitrogens with zero attached hydrogens (tertiary/aromatic N) is 2. The maximum absolute atomic E-state index is 4.72. The fourth-order valence-corrected chi connectivity index (χ4v) is 3.22. The summed E-state index contributed by atoms with van der Waals surface area (Å²) in [5.74, 6) is 0. The lowest BCUT2D eigenvalue weighted by Gasteiger charge is -2.27. The van der Waals surface area contributed by atoms with Crippen molar-refractivity contribution >= 4 is 5.57 Å². The van der Waals surface area contributed by atoms with Gasteiger partial charge in [-0.2, -0.15) is 0 Å². The van der Waals surface area contributed by atoms with Crippen LogP contribution in [0.15, 0.2) is 48.2 Å². The first-order valence-electron chi connectivity index (χ1n) is 8.05. The van der Waals surface area contributed by atoms with Gasteiger partial charge in [0.1, 0.15) is 0 Å². The van der Waals surface area contributed by atoms with E-state index in [1.54, 1.807) is 5.57 Å². The first-order valence-corrected chi connectivity index (χ1v) is 8.05. The standard InChI is InChI=1S/C20H24N2/c1-15-7-4-5-9-18(15)19(17-10-13-22(3)14-11-17)20-16(2)8-6-12-21-20/h4-9,12H,10-11,13-14H2,1-3H3. The lowest BCUT2D eigenvalue weighted by atomic mass is 9.87. The number of aryl methyl sites for hydroxylation is 2. The summed E-state index contributed by atoms with van der Waals surface area (Å²) < 4.78 is 0. The molecule has 22 heavy (non-hydrogen) atoms. The van der Waals surface area contributed by atoms with Crippen molar-refractivity contribution in [2.45, 2.75) is 26.7 Å². The van der Waals surface area contributed by atoms with E-state index in [4.69, 9.17) is 4.98 Å². The van der Waals surface area contributed by atoms with Crippen LogP contribution >= 0.6 is 0 Å². The molecule has 0 amide bonds. The molecule has 1 aromatic carbocycles. The van der Waals surface area contributed by atoms with Crippen molar-refractivity contribution in [3.05, 3.63) is 70.6 Å². The maximum Gasteiger partial charge on any atom is 0.0736 e. The van der Waals surface area contributed by atoms with Gasteiger partial charge < -0.3 is 4.90 Å². The molecular weight excluding hydrogens is 268 g/mol. The summed E-state index contributed by atoms with van der Waals surface area (Å²) in [6.45, 7) is 6.63. The number of hydrogen-bond acceptors (Lipinski definition) is 2. The SMILES string of the molecule is Cc1ccccc1C(=C1CCN(C)CC1)c1ncccc1C. The van der Waals surface area contributed by atoms with E-state index in [1.165, 1.54) is 22.3 Å². The number of piperidine rings is 1. The minimum atomic E-state index is 1.14. The van der Waals surface area contributed by atoms with Crippen molar-refractivity contribution in [3.63, 3.8) is 0 Å². The Kier molecular flexibility index (Phi) is 4.39. The van der Waals surface area contributed by atoms with Crippen LogP contribution in [0, 0.1) is 13.8 Å². The van der Waals surface area contributed by atoms with Gasteiger partial charge in [0.05, 0.1) is 5.69 Å². The smallest absolute Gasteiger partial charge is 0.0736 e. The minimum absolute atomic E-state index is 1.14. The van der Waals surface area contributed by atoms with Gasteiger partial charge in [0.15, 0.2) is 0 Å². The molecule has 1 aromatic heterocycles. The van der Waals surface area contributed by atoms with E-state index in [1.807, 2.05) is 12.3 Å². The van der Waals surface area contributed by atoms with E-state index >= 15 is 0 Å². The predicted octanol–water partition coefficient (Wildman–Crippen LogP) is 4.23. The molecule has 2 heteroatoms. The van der Waals surface area contributed by atoms with Gasteiger partial charge in [-0.05, 0) is 56.5 Å². The third kappa shape index (κ3) is 2.97. The molecule has 0 saturated carbocycles. The second kappa shape index (κ2) is 6.45. The lowest BCUT2D eigenvalue weighted by Crippen LogP contribution is -2.27. The molecule has 2 heterocycles. The molecular formula is C20H24N2. The molecule has 0 N–H and O–H groups in total. The molecule has 0 unspecified atom stereocenters. The average Bonchev–Trinajstić information content (AvgIpc) is 2.53. The molecule has 0 spiro atoms. The van der Waals surface area contributed by atoms with E-state index in [2.05, 4.69) is 56.1 Å². The Bertz CT molecular complexity index is 643. The van der Waals surface area contributed by atoms with E-state index in [0.717, 1.165) is 31.6 Å². The molecule has 1 aliphatic rings. The van der Waals surface area contributed by atoms with Gasteiger partial charge in [-0.1, -0.05) is 35.9 Å². The second-order valence-corrected chi connectivity index (χ2v) is 6.27. The Morgan fingerprint density at radius 1 is 0.955 bits per heavy atom. The molecule has 0 bridgehead atoms. The van der Waals surface area contributed by atoms with Gasteiger partial charge in [0.25, 0.3) is 0 Å². The number of benzene rings is 1. The molecule has 114 valence electrons. The molecule has 2 nitrogen and oxygen atoms in total. The highest BCUT2D eigenvalue weighted by Gasteiger charge is 2.19. The Labute approximate surface area is 133 Å². The van der Waals surface area contributed by atoms with Crippen molar-refractivity contribution in [1.82, 2.24) is 9.88 Å². The summed E-state index contributed by atoms with van der Waals surface area (Å²) in [7, 11) is 2.20. The first kappa shape index (κ1) is 15.0. The van der Waals surface area contributed by atoms with E-state index < -0.39 is 0 Å². The highest BCUT2D eigenvalue weighted by atomic mass is 15.1. The van der Waals surface area contributed by atoms with Crippen molar-refractivity contribution < 1.29 is 0 Å². The Morgan fingerprint density at radius 2 is 1.64 bits per heavy atom. The zero-order valence-electron chi connectivity index (χ0n) is 13.8. The van der Waals surface area contributed by atoms with E-state index in [0.29, 0.717) is 0 Å². The van der Waals surface area contributed by atoms with Crippen LogP contribution in [0.1, 0.15) is 35.2 Å². The summed E-state index contributed by atoms with van der Waals surface area (Å²) in [5, 5.41) is 0. The normalized spacial score (nSPS) is 15.9. The first-order chi connectivity index (χ1) is 10.7. The number of hydrogen-bond donors (Lipinski definition) is 0. The van der Waals surface area contributed by atoms with Gasteiger partial charge >= 0.3 is 0 Å². The maximum atomic E-state index is 4.72. The van der Waals surface area contributed by atoms with E-state index in [9.17, 15) is 0 Å². The van der Waals surface area contributed by atoms with Crippen molar-refractivity contribution in [2.24, 2.45) is 0 Å². The van der Waals surface area contributed by atoms with Crippen LogP contribution in [-0.4, -0.2) is 30.0 Å². The van der Waals surface area contributed by atoms with Crippen LogP contribution in [-0.2, 0) is 0 Å². The summed E-state index contributed by atoms with van der Waals surface area (Å²) in [5.41, 5.74) is 7.99. The summed E-state index contributed by atoms with van der Waals surface area (Å²) in [6.07, 6.45) is 4.18. The number of rotatable bonds is 2. The zero-order chi connectivity index (χ0) is 15.5. The fourth-order valence-electron chi connectivity index (χ4n) is 3.22. The van der Waals surface area contributed by atoms with Crippen molar-refractivity contribution in [2.75, 3.05) is 20.1 Å². The van der Waals surface area contributed by atoms with Crippen LogP contribution in [0.3, 0.4) is 0 Å².